The van der Waals surface area contributed by atoms with Gasteiger partial charge in [0.15, 0.2) is 0 Å². The Balaban J connectivity index is 2.55. The molecular formula is C13H21N3. The number of aromatic nitrogens is 2. The van der Waals surface area contributed by atoms with E-state index in [-0.39, 0.29) is 6.04 Å². The zero-order valence-corrected chi connectivity index (χ0v) is 10.4. The summed E-state index contributed by atoms with van der Waals surface area (Å²) < 4.78 is 2.05. The van der Waals surface area contributed by atoms with Crippen molar-refractivity contribution in [2.45, 2.75) is 52.2 Å². The minimum atomic E-state index is 0.0956. The first-order valence-electron chi connectivity index (χ1n) is 5.94. The average molecular weight is 219 g/mol. The van der Waals surface area contributed by atoms with Crippen molar-refractivity contribution in [3.63, 3.8) is 0 Å². The Hall–Kier alpha value is -1.27. The minimum Gasteiger partial charge on any atom is -0.298 e. The molecule has 0 saturated heterocycles. The number of terminal acetylenes is 1. The van der Waals surface area contributed by atoms with Gasteiger partial charge in [0, 0.05) is 12.7 Å². The summed E-state index contributed by atoms with van der Waals surface area (Å²) in [5.74, 6) is 2.64. The summed E-state index contributed by atoms with van der Waals surface area (Å²) in [7, 11) is 0. The maximum Gasteiger partial charge on any atom is 0.0762 e. The second-order valence-corrected chi connectivity index (χ2v) is 4.03. The number of rotatable bonds is 6. The monoisotopic (exact) mass is 219 g/mol. The molecule has 1 aromatic heterocycles. The lowest BCUT2D eigenvalue weighted by Gasteiger charge is -2.12. The van der Waals surface area contributed by atoms with E-state index in [0.717, 1.165) is 25.1 Å². The molecule has 3 nitrogen and oxygen atoms in total. The van der Waals surface area contributed by atoms with Crippen LogP contribution < -0.4 is 5.32 Å². The molecule has 0 amide bonds. The maximum atomic E-state index is 5.29. The van der Waals surface area contributed by atoms with Crippen molar-refractivity contribution in [3.05, 3.63) is 18.0 Å². The molecule has 1 atom stereocenters. The molecule has 0 saturated carbocycles. The van der Waals surface area contributed by atoms with E-state index in [2.05, 4.69) is 47.1 Å². The highest BCUT2D eigenvalue weighted by atomic mass is 15.3. The van der Waals surface area contributed by atoms with E-state index in [1.165, 1.54) is 0 Å². The molecule has 88 valence electrons. The molecule has 0 aliphatic carbocycles. The highest BCUT2D eigenvalue weighted by Crippen LogP contribution is 2.14. The van der Waals surface area contributed by atoms with Crippen molar-refractivity contribution in [3.8, 4) is 12.3 Å². The molecule has 0 radical (unpaired) electrons. The van der Waals surface area contributed by atoms with Gasteiger partial charge < -0.3 is 0 Å². The molecule has 0 bridgehead atoms. The Kier molecular flexibility index (Phi) is 5.07. The first-order chi connectivity index (χ1) is 7.71. The summed E-state index contributed by atoms with van der Waals surface area (Å²) in [5.41, 5.74) is 1.05. The van der Waals surface area contributed by atoms with Gasteiger partial charge in [0.1, 0.15) is 0 Å². The van der Waals surface area contributed by atoms with E-state index in [4.69, 9.17) is 6.42 Å². The molecule has 16 heavy (non-hydrogen) atoms. The number of nitrogens with zero attached hydrogens (tertiary/aromatic N) is 2. The topological polar surface area (TPSA) is 29.9 Å². The molecule has 0 aliphatic rings. The summed E-state index contributed by atoms with van der Waals surface area (Å²) in [4.78, 5) is 0. The predicted molar refractivity (Wildman–Crippen MR) is 67.0 cm³/mol. The third-order valence-electron chi connectivity index (χ3n) is 2.82. The van der Waals surface area contributed by atoms with Crippen LogP contribution in [0.3, 0.4) is 0 Å². The van der Waals surface area contributed by atoms with E-state index >= 15 is 0 Å². The lowest BCUT2D eigenvalue weighted by atomic mass is 10.2. The zero-order chi connectivity index (χ0) is 12.0. The van der Waals surface area contributed by atoms with E-state index in [9.17, 15) is 0 Å². The summed E-state index contributed by atoms with van der Waals surface area (Å²) >= 11 is 0. The van der Waals surface area contributed by atoms with E-state index < -0.39 is 0 Å². The second-order valence-electron chi connectivity index (χ2n) is 4.03. The van der Waals surface area contributed by atoms with Crippen molar-refractivity contribution in [1.82, 2.24) is 15.1 Å². The van der Waals surface area contributed by atoms with Crippen molar-refractivity contribution >= 4 is 0 Å². The van der Waals surface area contributed by atoms with E-state index in [1.807, 2.05) is 6.92 Å². The molecule has 1 heterocycles. The number of nitrogens with one attached hydrogen (secondary N) is 1. The van der Waals surface area contributed by atoms with Crippen LogP contribution in [0.1, 0.15) is 45.3 Å². The molecule has 0 spiro atoms. The van der Waals surface area contributed by atoms with Crippen LogP contribution in [-0.4, -0.2) is 15.8 Å². The standard InChI is InChI=1S/C13H21N3/c1-5-11(4)14-10-12-8-9-16(15-12)13(6-2)7-3/h1,8-9,11,13-14H,6-7,10H2,2-4H3. The fourth-order valence-corrected chi connectivity index (χ4v) is 1.65. The summed E-state index contributed by atoms with van der Waals surface area (Å²) in [6.45, 7) is 7.08. The lowest BCUT2D eigenvalue weighted by molar-refractivity contribution is 0.424. The summed E-state index contributed by atoms with van der Waals surface area (Å²) in [6, 6.07) is 2.66. The molecule has 0 aliphatic heterocycles. The van der Waals surface area contributed by atoms with Crippen LogP contribution in [0.25, 0.3) is 0 Å². The Morgan fingerprint density at radius 3 is 2.75 bits per heavy atom. The van der Waals surface area contributed by atoms with Gasteiger partial charge in [0.2, 0.25) is 0 Å². The predicted octanol–water partition coefficient (Wildman–Crippen LogP) is 2.36. The fraction of sp³-hybridized carbons (Fsp3) is 0.615. The lowest BCUT2D eigenvalue weighted by Crippen LogP contribution is -2.23. The Morgan fingerprint density at radius 2 is 2.19 bits per heavy atom. The molecule has 1 rings (SSSR count). The Labute approximate surface area is 98.2 Å². The Bertz CT molecular complexity index is 344. The van der Waals surface area contributed by atoms with E-state index in [1.54, 1.807) is 0 Å². The molecule has 3 heteroatoms. The van der Waals surface area contributed by atoms with Crippen LogP contribution in [0.15, 0.2) is 12.3 Å². The summed E-state index contributed by atoms with van der Waals surface area (Å²) in [5, 5.41) is 7.77. The van der Waals surface area contributed by atoms with Crippen molar-refractivity contribution < 1.29 is 0 Å². The summed E-state index contributed by atoms with van der Waals surface area (Å²) in [6.07, 6.45) is 9.58. The van der Waals surface area contributed by atoms with Gasteiger partial charge in [0.25, 0.3) is 0 Å². The van der Waals surface area contributed by atoms with Gasteiger partial charge in [0.05, 0.1) is 17.8 Å². The number of hydrogen-bond acceptors (Lipinski definition) is 2. The minimum absolute atomic E-state index is 0.0956. The highest BCUT2D eigenvalue weighted by Gasteiger charge is 2.07. The SMILES string of the molecule is C#CC(C)NCc1ccn(C(CC)CC)n1. The highest BCUT2D eigenvalue weighted by molar-refractivity contribution is 5.02. The van der Waals surface area contributed by atoms with Crippen LogP contribution in [0.4, 0.5) is 0 Å². The van der Waals surface area contributed by atoms with Crippen LogP contribution >= 0.6 is 0 Å². The van der Waals surface area contributed by atoms with Crippen molar-refractivity contribution in [2.24, 2.45) is 0 Å². The van der Waals surface area contributed by atoms with Gasteiger partial charge in [-0.05, 0) is 25.8 Å². The zero-order valence-electron chi connectivity index (χ0n) is 10.4. The first-order valence-corrected chi connectivity index (χ1v) is 5.94. The average Bonchev–Trinajstić information content (AvgIpc) is 2.76. The van der Waals surface area contributed by atoms with Gasteiger partial charge in [-0.25, -0.2) is 0 Å². The van der Waals surface area contributed by atoms with E-state index in [0.29, 0.717) is 6.04 Å². The molecule has 1 N–H and O–H groups in total. The van der Waals surface area contributed by atoms with Gasteiger partial charge in [-0.3, -0.25) is 10.00 Å². The molecule has 1 aromatic rings. The van der Waals surface area contributed by atoms with Gasteiger partial charge in [-0.2, -0.15) is 5.10 Å². The van der Waals surface area contributed by atoms with Crippen molar-refractivity contribution in [1.29, 1.82) is 0 Å². The van der Waals surface area contributed by atoms with Gasteiger partial charge >= 0.3 is 0 Å². The number of hydrogen-bond donors (Lipinski definition) is 1. The van der Waals surface area contributed by atoms with Crippen LogP contribution in [-0.2, 0) is 6.54 Å². The molecular weight excluding hydrogens is 198 g/mol. The largest absolute Gasteiger partial charge is 0.298 e. The van der Waals surface area contributed by atoms with Crippen LogP contribution in [0.2, 0.25) is 0 Å². The third kappa shape index (κ3) is 3.39. The van der Waals surface area contributed by atoms with Gasteiger partial charge in [-0.15, -0.1) is 6.42 Å². The molecule has 1 unspecified atom stereocenters. The quantitative estimate of drug-likeness (QED) is 0.744. The van der Waals surface area contributed by atoms with Gasteiger partial charge in [-0.1, -0.05) is 19.8 Å². The maximum absolute atomic E-state index is 5.29. The molecule has 0 aromatic carbocycles. The Morgan fingerprint density at radius 1 is 1.50 bits per heavy atom. The van der Waals surface area contributed by atoms with Crippen molar-refractivity contribution in [2.75, 3.05) is 0 Å². The second kappa shape index (κ2) is 6.34. The first kappa shape index (κ1) is 12.8. The third-order valence-corrected chi connectivity index (χ3v) is 2.82. The normalized spacial score (nSPS) is 12.7. The fourth-order valence-electron chi connectivity index (χ4n) is 1.65. The van der Waals surface area contributed by atoms with Crippen LogP contribution in [0, 0.1) is 12.3 Å². The van der Waals surface area contributed by atoms with Crippen LogP contribution in [0.5, 0.6) is 0 Å². The molecule has 0 fully saturated rings. The smallest absolute Gasteiger partial charge is 0.0762 e.